The monoisotopic (exact) mass is 424 g/mol. The first-order valence-corrected chi connectivity index (χ1v) is 10.5. The van der Waals surface area contributed by atoms with E-state index in [9.17, 15) is 18.0 Å². The second-order valence-electron chi connectivity index (χ2n) is 6.23. The van der Waals surface area contributed by atoms with Crippen molar-refractivity contribution in [3.63, 3.8) is 0 Å². The summed E-state index contributed by atoms with van der Waals surface area (Å²) in [6.45, 7) is 0. The molecule has 12 heteroatoms. The highest BCUT2D eigenvalue weighted by molar-refractivity contribution is 7.90. The van der Waals surface area contributed by atoms with Crippen molar-refractivity contribution in [2.45, 2.75) is 17.7 Å². The second kappa shape index (κ2) is 7.68. The molecule has 0 atom stereocenters. The van der Waals surface area contributed by atoms with Gasteiger partial charge in [-0.3, -0.25) is 9.59 Å². The van der Waals surface area contributed by atoms with Gasteiger partial charge in [-0.15, -0.1) is 10.2 Å². The molecule has 3 rings (SSSR count). The second-order valence-corrected chi connectivity index (χ2v) is 8.65. The third-order valence-corrected chi connectivity index (χ3v) is 5.22. The van der Waals surface area contributed by atoms with Crippen molar-refractivity contribution in [1.82, 2.24) is 20.5 Å². The van der Waals surface area contributed by atoms with Gasteiger partial charge in [0.1, 0.15) is 10.7 Å². The van der Waals surface area contributed by atoms with Crippen LogP contribution < -0.4 is 16.0 Å². The first kappa shape index (κ1) is 20.0. The predicted molar refractivity (Wildman–Crippen MR) is 102 cm³/mol. The minimum atomic E-state index is -3.66. The van der Waals surface area contributed by atoms with E-state index in [0.717, 1.165) is 19.1 Å². The quantitative estimate of drug-likeness (QED) is 0.631. The molecule has 2 amide bonds. The Morgan fingerprint density at radius 3 is 2.54 bits per heavy atom. The molecule has 0 radical (unpaired) electrons. The summed E-state index contributed by atoms with van der Waals surface area (Å²) in [6.07, 6.45) is 3.90. The van der Waals surface area contributed by atoms with E-state index in [-0.39, 0.29) is 44.8 Å². The fraction of sp³-hybridized carbons (Fsp3) is 0.312. The van der Waals surface area contributed by atoms with E-state index in [4.69, 9.17) is 11.6 Å². The van der Waals surface area contributed by atoms with Crippen molar-refractivity contribution in [3.8, 4) is 0 Å². The van der Waals surface area contributed by atoms with Gasteiger partial charge in [0, 0.05) is 31.5 Å². The van der Waals surface area contributed by atoms with E-state index in [1.54, 1.807) is 0 Å². The molecule has 0 saturated heterocycles. The number of hydrogen-bond acceptors (Lipinski definition) is 8. The first-order chi connectivity index (χ1) is 13.2. The molecule has 2 aromatic heterocycles. The molecule has 0 bridgehead atoms. The summed E-state index contributed by atoms with van der Waals surface area (Å²) in [5.41, 5.74) is 0.0308. The van der Waals surface area contributed by atoms with Crippen LogP contribution in [0, 0.1) is 5.92 Å². The standard InChI is InChI=1S/C16H17ClN6O4S/c1-18-16(25)13-10(6-12(22-23-13)21-15(24)8-3-4-8)20-14-11(28(2,26)27)5-9(17)7-19-14/h5-8H,3-4H2,1-2H3,(H,18,25)(H2,19,20,21,22,24). The lowest BCUT2D eigenvalue weighted by Crippen LogP contribution is -2.22. The fourth-order valence-corrected chi connectivity index (χ4v) is 3.35. The van der Waals surface area contributed by atoms with Crippen LogP contribution in [0.1, 0.15) is 23.3 Å². The maximum Gasteiger partial charge on any atom is 0.273 e. The van der Waals surface area contributed by atoms with Crippen LogP contribution in [0.25, 0.3) is 0 Å². The number of sulfone groups is 1. The smallest absolute Gasteiger partial charge is 0.273 e. The Morgan fingerprint density at radius 2 is 1.93 bits per heavy atom. The van der Waals surface area contributed by atoms with Crippen molar-refractivity contribution in [2.75, 3.05) is 23.9 Å². The lowest BCUT2D eigenvalue weighted by Gasteiger charge is -2.13. The summed E-state index contributed by atoms with van der Waals surface area (Å²) in [4.78, 5) is 27.9. The molecule has 2 aromatic rings. The summed E-state index contributed by atoms with van der Waals surface area (Å²) in [7, 11) is -2.25. The molecular weight excluding hydrogens is 408 g/mol. The van der Waals surface area contributed by atoms with E-state index in [0.29, 0.717) is 0 Å². The van der Waals surface area contributed by atoms with Gasteiger partial charge in [-0.05, 0) is 18.9 Å². The van der Waals surface area contributed by atoms with Crippen LogP contribution in [0.2, 0.25) is 5.02 Å². The maximum atomic E-state index is 12.1. The minimum Gasteiger partial charge on any atom is -0.354 e. The molecule has 3 N–H and O–H groups in total. The van der Waals surface area contributed by atoms with Gasteiger partial charge in [0.15, 0.2) is 21.3 Å². The zero-order valence-electron chi connectivity index (χ0n) is 15.0. The largest absolute Gasteiger partial charge is 0.354 e. The summed E-state index contributed by atoms with van der Waals surface area (Å²) in [5, 5.41) is 15.7. The number of nitrogens with one attached hydrogen (secondary N) is 3. The predicted octanol–water partition coefficient (Wildman–Crippen LogP) is 1.38. The molecule has 1 saturated carbocycles. The van der Waals surface area contributed by atoms with Crippen LogP contribution in [0.4, 0.5) is 17.3 Å². The molecule has 2 heterocycles. The molecule has 0 aromatic carbocycles. The Hall–Kier alpha value is -2.79. The highest BCUT2D eigenvalue weighted by Gasteiger charge is 2.30. The van der Waals surface area contributed by atoms with Gasteiger partial charge >= 0.3 is 0 Å². The van der Waals surface area contributed by atoms with Crippen molar-refractivity contribution < 1.29 is 18.0 Å². The number of nitrogens with zero attached hydrogens (tertiary/aromatic N) is 3. The van der Waals surface area contributed by atoms with Gasteiger partial charge in [-0.2, -0.15) is 0 Å². The molecule has 10 nitrogen and oxygen atoms in total. The van der Waals surface area contributed by atoms with Crippen LogP contribution in [0.15, 0.2) is 23.2 Å². The lowest BCUT2D eigenvalue weighted by atomic mass is 10.2. The van der Waals surface area contributed by atoms with Gasteiger partial charge in [-0.1, -0.05) is 11.6 Å². The highest BCUT2D eigenvalue weighted by Crippen LogP contribution is 2.31. The van der Waals surface area contributed by atoms with Crippen molar-refractivity contribution in [3.05, 3.63) is 29.0 Å². The average molecular weight is 425 g/mol. The molecule has 0 aliphatic heterocycles. The van der Waals surface area contributed by atoms with Gasteiger partial charge in [0.25, 0.3) is 5.91 Å². The van der Waals surface area contributed by atoms with Gasteiger partial charge in [0.05, 0.1) is 10.7 Å². The Morgan fingerprint density at radius 1 is 1.21 bits per heavy atom. The lowest BCUT2D eigenvalue weighted by molar-refractivity contribution is -0.117. The van der Waals surface area contributed by atoms with Gasteiger partial charge in [-0.25, -0.2) is 13.4 Å². The minimum absolute atomic E-state index is 0.0375. The SMILES string of the molecule is CNC(=O)c1nnc(NC(=O)C2CC2)cc1Nc1ncc(Cl)cc1S(C)(=O)=O. The first-order valence-electron chi connectivity index (χ1n) is 8.22. The van der Waals surface area contributed by atoms with E-state index in [2.05, 4.69) is 31.1 Å². The Balaban J connectivity index is 2.01. The molecule has 148 valence electrons. The molecule has 0 spiro atoms. The van der Waals surface area contributed by atoms with Gasteiger partial charge in [0.2, 0.25) is 5.91 Å². The summed E-state index contributed by atoms with van der Waals surface area (Å²) >= 11 is 5.86. The normalized spacial score (nSPS) is 13.7. The van der Waals surface area contributed by atoms with Crippen LogP contribution in [0.5, 0.6) is 0 Å². The molecule has 0 unspecified atom stereocenters. The number of rotatable bonds is 6. The summed E-state index contributed by atoms with van der Waals surface area (Å²) < 4.78 is 24.1. The third kappa shape index (κ3) is 4.54. The number of pyridine rings is 1. The van der Waals surface area contributed by atoms with Crippen LogP contribution in [-0.2, 0) is 14.6 Å². The zero-order valence-corrected chi connectivity index (χ0v) is 16.6. The number of hydrogen-bond donors (Lipinski definition) is 3. The molecule has 1 aliphatic rings. The van der Waals surface area contributed by atoms with Gasteiger partial charge < -0.3 is 16.0 Å². The number of anilines is 3. The number of carbonyl (C=O) groups is 2. The number of carbonyl (C=O) groups excluding carboxylic acids is 2. The molecule has 1 fully saturated rings. The van der Waals surface area contributed by atoms with E-state index in [1.807, 2.05) is 0 Å². The van der Waals surface area contributed by atoms with Crippen molar-refractivity contribution in [2.24, 2.45) is 5.92 Å². The van der Waals surface area contributed by atoms with Crippen molar-refractivity contribution in [1.29, 1.82) is 0 Å². The number of aromatic nitrogens is 3. The average Bonchev–Trinajstić information content (AvgIpc) is 3.47. The van der Waals surface area contributed by atoms with Crippen molar-refractivity contribution >= 4 is 50.6 Å². The fourth-order valence-electron chi connectivity index (χ4n) is 2.33. The molecule has 28 heavy (non-hydrogen) atoms. The third-order valence-electron chi connectivity index (χ3n) is 3.91. The number of halogens is 1. The summed E-state index contributed by atoms with van der Waals surface area (Å²) in [5.74, 6) is -0.697. The Labute approximate surface area is 166 Å². The van der Waals surface area contributed by atoms with E-state index >= 15 is 0 Å². The van der Waals surface area contributed by atoms with Crippen LogP contribution in [0.3, 0.4) is 0 Å². The topological polar surface area (TPSA) is 143 Å². The van der Waals surface area contributed by atoms with Crippen LogP contribution >= 0.6 is 11.6 Å². The molecular formula is C16H17ClN6O4S. The van der Waals surface area contributed by atoms with E-state index < -0.39 is 15.7 Å². The zero-order chi connectivity index (χ0) is 20.5. The Kier molecular flexibility index (Phi) is 5.47. The van der Waals surface area contributed by atoms with E-state index in [1.165, 1.54) is 25.4 Å². The number of amides is 2. The highest BCUT2D eigenvalue weighted by atomic mass is 35.5. The maximum absolute atomic E-state index is 12.1. The van der Waals surface area contributed by atoms with Crippen LogP contribution in [-0.4, -0.2) is 48.7 Å². The Bertz CT molecular complexity index is 1060. The molecule has 1 aliphatic carbocycles. The summed E-state index contributed by atoms with van der Waals surface area (Å²) in [6, 6.07) is 2.64.